The summed E-state index contributed by atoms with van der Waals surface area (Å²) in [6.07, 6.45) is 0.447. The van der Waals surface area contributed by atoms with Crippen LogP contribution in [-0.4, -0.2) is 32.1 Å². The number of Topliss-reactive ketones (excluding diaryl/α,β-unsaturated/α-hetero) is 1. The van der Waals surface area contributed by atoms with Crippen molar-refractivity contribution in [2.45, 2.75) is 19.4 Å². The third kappa shape index (κ3) is 5.75. The minimum Gasteiger partial charge on any atom is -0.497 e. The third-order valence-electron chi connectivity index (χ3n) is 3.48. The number of carbonyl (C=O) groups is 1. The van der Waals surface area contributed by atoms with E-state index in [0.29, 0.717) is 30.9 Å². The van der Waals surface area contributed by atoms with Gasteiger partial charge < -0.3 is 14.8 Å². The quantitative estimate of drug-likeness (QED) is 0.721. The summed E-state index contributed by atoms with van der Waals surface area (Å²) in [5.74, 6) is 1.66. The Balaban J connectivity index is 1.70. The lowest BCUT2D eigenvalue weighted by Gasteiger charge is -2.14. The van der Waals surface area contributed by atoms with Crippen LogP contribution >= 0.6 is 0 Å². The number of benzene rings is 2. The summed E-state index contributed by atoms with van der Waals surface area (Å²) in [7, 11) is 1.60. The highest BCUT2D eigenvalue weighted by atomic mass is 16.5. The van der Waals surface area contributed by atoms with Crippen molar-refractivity contribution < 1.29 is 14.3 Å². The number of methoxy groups -OCH3 is 1. The fourth-order valence-corrected chi connectivity index (χ4v) is 2.17. The van der Waals surface area contributed by atoms with E-state index in [2.05, 4.69) is 5.32 Å². The van der Waals surface area contributed by atoms with Gasteiger partial charge in [0.1, 0.15) is 18.1 Å². The van der Waals surface area contributed by atoms with Crippen molar-refractivity contribution in [1.82, 2.24) is 5.32 Å². The minimum absolute atomic E-state index is 0.104. The lowest BCUT2D eigenvalue weighted by atomic mass is 10.1. The molecule has 0 bridgehead atoms. The molecule has 0 saturated heterocycles. The van der Waals surface area contributed by atoms with Gasteiger partial charge in [-0.3, -0.25) is 4.79 Å². The van der Waals surface area contributed by atoms with Crippen molar-refractivity contribution in [2.75, 3.05) is 20.3 Å². The second kappa shape index (κ2) is 8.96. The topological polar surface area (TPSA) is 47.6 Å². The molecule has 4 nitrogen and oxygen atoms in total. The van der Waals surface area contributed by atoms with Crippen molar-refractivity contribution in [3.8, 4) is 11.5 Å². The Morgan fingerprint density at radius 2 is 1.83 bits per heavy atom. The van der Waals surface area contributed by atoms with Crippen molar-refractivity contribution in [3.63, 3.8) is 0 Å². The van der Waals surface area contributed by atoms with E-state index in [1.807, 2.05) is 55.5 Å². The fraction of sp³-hybridized carbons (Fsp3) is 0.316. The van der Waals surface area contributed by atoms with E-state index in [4.69, 9.17) is 9.47 Å². The van der Waals surface area contributed by atoms with Crippen LogP contribution in [-0.2, 0) is 0 Å². The maximum absolute atomic E-state index is 12.1. The Morgan fingerprint density at radius 1 is 1.09 bits per heavy atom. The molecule has 122 valence electrons. The molecule has 0 spiro atoms. The molecule has 0 aliphatic rings. The lowest BCUT2D eigenvalue weighted by molar-refractivity contribution is 0.0980. The maximum Gasteiger partial charge on any atom is 0.164 e. The first kappa shape index (κ1) is 17.0. The van der Waals surface area contributed by atoms with Crippen molar-refractivity contribution >= 4 is 5.78 Å². The summed E-state index contributed by atoms with van der Waals surface area (Å²) < 4.78 is 10.8. The average Bonchev–Trinajstić information content (AvgIpc) is 2.60. The van der Waals surface area contributed by atoms with E-state index in [1.54, 1.807) is 13.2 Å². The molecule has 0 aliphatic carbocycles. The summed E-state index contributed by atoms with van der Waals surface area (Å²) in [5.41, 5.74) is 0.680. The zero-order valence-corrected chi connectivity index (χ0v) is 13.6. The van der Waals surface area contributed by atoms with Gasteiger partial charge in [0.15, 0.2) is 5.78 Å². The number of hydrogen-bond acceptors (Lipinski definition) is 4. The first-order valence-corrected chi connectivity index (χ1v) is 7.77. The van der Waals surface area contributed by atoms with Crippen LogP contribution in [0.1, 0.15) is 23.7 Å². The summed E-state index contributed by atoms with van der Waals surface area (Å²) in [5, 5.41) is 3.31. The van der Waals surface area contributed by atoms with Crippen molar-refractivity contribution in [2.24, 2.45) is 0 Å². The number of ether oxygens (including phenoxy) is 2. The summed E-state index contributed by atoms with van der Waals surface area (Å²) in [6.45, 7) is 3.23. The summed E-state index contributed by atoms with van der Waals surface area (Å²) in [4.78, 5) is 12.1. The average molecular weight is 313 g/mol. The number of rotatable bonds is 9. The summed E-state index contributed by atoms with van der Waals surface area (Å²) in [6, 6.07) is 17.1. The zero-order chi connectivity index (χ0) is 16.5. The molecular weight excluding hydrogens is 290 g/mol. The van der Waals surface area contributed by atoms with Gasteiger partial charge in [-0.2, -0.15) is 0 Å². The molecule has 1 unspecified atom stereocenters. The van der Waals surface area contributed by atoms with E-state index in [1.165, 1.54) is 0 Å². The molecule has 4 heteroatoms. The Labute approximate surface area is 137 Å². The first-order valence-electron chi connectivity index (χ1n) is 7.77. The van der Waals surface area contributed by atoms with Gasteiger partial charge in [0.2, 0.25) is 0 Å². The highest BCUT2D eigenvalue weighted by molar-refractivity contribution is 5.96. The number of nitrogens with one attached hydrogen (secondary N) is 1. The molecule has 0 aliphatic heterocycles. The maximum atomic E-state index is 12.1. The van der Waals surface area contributed by atoms with E-state index in [9.17, 15) is 4.79 Å². The number of para-hydroxylation sites is 1. The van der Waals surface area contributed by atoms with Gasteiger partial charge in [-0.05, 0) is 31.2 Å². The third-order valence-corrected chi connectivity index (χ3v) is 3.48. The second-order valence-electron chi connectivity index (χ2n) is 5.38. The van der Waals surface area contributed by atoms with Crippen LogP contribution in [0.25, 0.3) is 0 Å². The zero-order valence-electron chi connectivity index (χ0n) is 13.6. The van der Waals surface area contributed by atoms with Gasteiger partial charge in [-0.25, -0.2) is 0 Å². The van der Waals surface area contributed by atoms with Crippen LogP contribution in [0, 0.1) is 0 Å². The molecule has 1 atom stereocenters. The molecule has 1 N–H and O–H groups in total. The van der Waals surface area contributed by atoms with Crippen LogP contribution in [0.15, 0.2) is 54.6 Å². The SMILES string of the molecule is COc1cccc(C(=O)CCNC(C)COc2ccccc2)c1. The van der Waals surface area contributed by atoms with Crippen molar-refractivity contribution in [3.05, 3.63) is 60.2 Å². The molecule has 0 amide bonds. The second-order valence-corrected chi connectivity index (χ2v) is 5.38. The van der Waals surface area contributed by atoms with Crippen LogP contribution in [0.3, 0.4) is 0 Å². The van der Waals surface area contributed by atoms with Gasteiger partial charge in [0, 0.05) is 24.6 Å². The largest absolute Gasteiger partial charge is 0.497 e. The number of hydrogen-bond donors (Lipinski definition) is 1. The molecule has 2 aromatic rings. The molecule has 0 saturated carbocycles. The molecule has 2 aromatic carbocycles. The Kier molecular flexibility index (Phi) is 6.63. The van der Waals surface area contributed by atoms with Crippen LogP contribution in [0.4, 0.5) is 0 Å². The normalized spacial score (nSPS) is 11.7. The van der Waals surface area contributed by atoms with Crippen LogP contribution < -0.4 is 14.8 Å². The van der Waals surface area contributed by atoms with Crippen molar-refractivity contribution in [1.29, 1.82) is 0 Å². The van der Waals surface area contributed by atoms with Gasteiger partial charge in [0.05, 0.1) is 7.11 Å². The molecule has 0 radical (unpaired) electrons. The Hall–Kier alpha value is -2.33. The van der Waals surface area contributed by atoms with Gasteiger partial charge in [0.25, 0.3) is 0 Å². The molecule has 0 heterocycles. The van der Waals surface area contributed by atoms with E-state index in [-0.39, 0.29) is 11.8 Å². The number of ketones is 1. The predicted octanol–water partition coefficient (Wildman–Crippen LogP) is 3.33. The highest BCUT2D eigenvalue weighted by Gasteiger charge is 2.08. The van der Waals surface area contributed by atoms with Gasteiger partial charge >= 0.3 is 0 Å². The number of carbonyl (C=O) groups excluding carboxylic acids is 1. The standard InChI is InChI=1S/C19H23NO3/c1-15(14-23-17-8-4-3-5-9-17)20-12-11-19(21)16-7-6-10-18(13-16)22-2/h3-10,13,15,20H,11-12,14H2,1-2H3. The molecule has 23 heavy (non-hydrogen) atoms. The minimum atomic E-state index is 0.104. The Bertz CT molecular complexity index is 613. The van der Waals surface area contributed by atoms with E-state index >= 15 is 0 Å². The molecule has 0 fully saturated rings. The van der Waals surface area contributed by atoms with Gasteiger partial charge in [-0.15, -0.1) is 0 Å². The van der Waals surface area contributed by atoms with E-state index < -0.39 is 0 Å². The molecule has 0 aromatic heterocycles. The van der Waals surface area contributed by atoms with Crippen LogP contribution in [0.5, 0.6) is 11.5 Å². The summed E-state index contributed by atoms with van der Waals surface area (Å²) >= 11 is 0. The molecular formula is C19H23NO3. The monoisotopic (exact) mass is 313 g/mol. The smallest absolute Gasteiger partial charge is 0.164 e. The van der Waals surface area contributed by atoms with Gasteiger partial charge in [-0.1, -0.05) is 30.3 Å². The van der Waals surface area contributed by atoms with E-state index in [0.717, 1.165) is 5.75 Å². The predicted molar refractivity (Wildman–Crippen MR) is 91.3 cm³/mol. The highest BCUT2D eigenvalue weighted by Crippen LogP contribution is 2.14. The molecule has 2 rings (SSSR count). The van der Waals surface area contributed by atoms with Crippen LogP contribution in [0.2, 0.25) is 0 Å². The lowest BCUT2D eigenvalue weighted by Crippen LogP contribution is -2.33. The first-order chi connectivity index (χ1) is 11.2. The Morgan fingerprint density at radius 3 is 2.57 bits per heavy atom. The fourth-order valence-electron chi connectivity index (χ4n) is 2.17.